The average molecular weight is 223 g/mol. The van der Waals surface area contributed by atoms with Crippen molar-refractivity contribution in [2.45, 2.75) is 0 Å². The van der Waals surface area contributed by atoms with Gasteiger partial charge in [-0.3, -0.25) is 0 Å². The molecule has 15 heavy (non-hydrogen) atoms. The molecule has 0 aliphatic rings. The number of hydrogen-bond acceptors (Lipinski definition) is 3. The topological polar surface area (TPSA) is 33.2 Å². The van der Waals surface area contributed by atoms with Gasteiger partial charge in [-0.2, -0.15) is 0 Å². The van der Waals surface area contributed by atoms with Crippen LogP contribution in [0.1, 0.15) is 0 Å². The number of nitrogens with one attached hydrogen (secondary N) is 1. The number of hydrogen-bond donors (Lipinski definition) is 1. The predicted octanol–water partition coefficient (Wildman–Crippen LogP) is 1.91. The zero-order valence-electron chi connectivity index (χ0n) is 8.94. The highest BCUT2D eigenvalue weighted by atomic mass is 32.1. The van der Waals surface area contributed by atoms with E-state index in [1.54, 1.807) is 7.11 Å². The van der Waals surface area contributed by atoms with E-state index in [0.717, 1.165) is 16.8 Å². The van der Waals surface area contributed by atoms with Crippen molar-refractivity contribution in [2.24, 2.45) is 0 Å². The quantitative estimate of drug-likeness (QED) is 0.789. The minimum atomic E-state index is 0.684. The molecular formula is C10H13N3OS. The number of methoxy groups -OCH3 is 1. The van der Waals surface area contributed by atoms with Gasteiger partial charge in [-0.15, -0.1) is 0 Å². The van der Waals surface area contributed by atoms with Crippen LogP contribution in [0, 0.1) is 4.77 Å². The number of nitrogens with zero attached hydrogens (tertiary/aromatic N) is 2. The van der Waals surface area contributed by atoms with E-state index in [-0.39, 0.29) is 0 Å². The standard InChI is InChI=1S/C10H13N3OS/c1-12(2)13-9-5-4-7(14-3)6-8(9)11-10(13)15/h4-6H,1-3H3,(H,11,15). The maximum atomic E-state index is 5.23. The molecule has 4 nitrogen and oxygen atoms in total. The lowest BCUT2D eigenvalue weighted by molar-refractivity contribution is 0.415. The SMILES string of the molecule is COc1ccc2c(c1)[nH]c(=S)n2N(C)C. The fraction of sp³-hybridized carbons (Fsp3) is 0.300. The Morgan fingerprint density at radius 3 is 2.73 bits per heavy atom. The molecule has 0 saturated heterocycles. The van der Waals surface area contributed by atoms with Crippen LogP contribution in [0.25, 0.3) is 11.0 Å². The number of benzene rings is 1. The average Bonchev–Trinajstić information content (AvgIpc) is 2.52. The Kier molecular flexibility index (Phi) is 2.40. The molecule has 0 aliphatic carbocycles. The van der Waals surface area contributed by atoms with E-state index < -0.39 is 0 Å². The smallest absolute Gasteiger partial charge is 0.197 e. The van der Waals surface area contributed by atoms with E-state index >= 15 is 0 Å². The lowest BCUT2D eigenvalue weighted by Gasteiger charge is -2.14. The molecule has 1 N–H and O–H groups in total. The molecule has 2 rings (SSSR count). The molecule has 0 spiro atoms. The van der Waals surface area contributed by atoms with Gasteiger partial charge in [0.25, 0.3) is 0 Å². The summed E-state index contributed by atoms with van der Waals surface area (Å²) in [5, 5.41) is 1.94. The Morgan fingerprint density at radius 2 is 2.13 bits per heavy atom. The second-order valence-corrected chi connectivity index (χ2v) is 3.86. The largest absolute Gasteiger partial charge is 0.497 e. The summed E-state index contributed by atoms with van der Waals surface area (Å²) in [7, 11) is 5.55. The Labute approximate surface area is 93.0 Å². The molecule has 80 valence electrons. The summed E-state index contributed by atoms with van der Waals surface area (Å²) >= 11 is 5.23. The van der Waals surface area contributed by atoms with Crippen LogP contribution < -0.4 is 9.75 Å². The number of imidazole rings is 1. The Bertz CT molecular complexity index is 541. The molecule has 0 fully saturated rings. The molecule has 0 radical (unpaired) electrons. The number of fused-ring (bicyclic) bond motifs is 1. The molecule has 1 heterocycles. The summed E-state index contributed by atoms with van der Waals surface area (Å²) in [6.07, 6.45) is 0. The Morgan fingerprint density at radius 1 is 1.40 bits per heavy atom. The zero-order chi connectivity index (χ0) is 11.0. The van der Waals surface area contributed by atoms with E-state index in [4.69, 9.17) is 17.0 Å². The summed E-state index contributed by atoms with van der Waals surface area (Å²) in [6, 6.07) is 5.84. The molecule has 0 aliphatic heterocycles. The van der Waals surface area contributed by atoms with Gasteiger partial charge in [0.15, 0.2) is 4.77 Å². The van der Waals surface area contributed by atoms with Crippen molar-refractivity contribution < 1.29 is 4.74 Å². The van der Waals surface area contributed by atoms with Crippen molar-refractivity contribution in [3.05, 3.63) is 23.0 Å². The van der Waals surface area contributed by atoms with E-state index in [1.165, 1.54) is 0 Å². The van der Waals surface area contributed by atoms with Crippen LogP contribution in [-0.2, 0) is 0 Å². The predicted molar refractivity (Wildman–Crippen MR) is 63.7 cm³/mol. The first-order valence-corrected chi connectivity index (χ1v) is 5.00. The fourth-order valence-electron chi connectivity index (χ4n) is 1.60. The molecule has 0 bridgehead atoms. The Hall–Kier alpha value is -1.49. The van der Waals surface area contributed by atoms with Crippen molar-refractivity contribution in [1.29, 1.82) is 0 Å². The lowest BCUT2D eigenvalue weighted by atomic mass is 10.3. The van der Waals surface area contributed by atoms with Gasteiger partial charge in [0.2, 0.25) is 0 Å². The van der Waals surface area contributed by atoms with Crippen LogP contribution in [0.5, 0.6) is 5.75 Å². The third-order valence-corrected chi connectivity index (χ3v) is 2.54. The molecule has 0 saturated carbocycles. The molecule has 0 amide bonds. The van der Waals surface area contributed by atoms with Gasteiger partial charge in [0.1, 0.15) is 5.75 Å². The zero-order valence-corrected chi connectivity index (χ0v) is 9.76. The van der Waals surface area contributed by atoms with Gasteiger partial charge in [0, 0.05) is 20.2 Å². The molecule has 2 aromatic rings. The Balaban J connectivity index is 2.74. The second kappa shape index (κ2) is 3.58. The van der Waals surface area contributed by atoms with Gasteiger partial charge in [-0.05, 0) is 24.4 Å². The molecule has 1 aromatic heterocycles. The van der Waals surface area contributed by atoms with Crippen LogP contribution >= 0.6 is 12.2 Å². The molecule has 0 atom stereocenters. The summed E-state index contributed by atoms with van der Waals surface area (Å²) < 4.78 is 7.77. The van der Waals surface area contributed by atoms with Crippen molar-refractivity contribution in [3.8, 4) is 5.75 Å². The van der Waals surface area contributed by atoms with Crippen molar-refractivity contribution >= 4 is 23.3 Å². The minimum absolute atomic E-state index is 0.684. The van der Waals surface area contributed by atoms with E-state index in [0.29, 0.717) is 4.77 Å². The van der Waals surface area contributed by atoms with Gasteiger partial charge < -0.3 is 14.7 Å². The molecule has 1 aromatic carbocycles. The van der Waals surface area contributed by atoms with Gasteiger partial charge in [0.05, 0.1) is 18.1 Å². The van der Waals surface area contributed by atoms with Gasteiger partial charge >= 0.3 is 0 Å². The molecule has 0 unspecified atom stereocenters. The normalized spacial score (nSPS) is 10.6. The summed E-state index contributed by atoms with van der Waals surface area (Å²) in [5.41, 5.74) is 2.03. The van der Waals surface area contributed by atoms with Crippen LogP contribution in [0.2, 0.25) is 0 Å². The van der Waals surface area contributed by atoms with Gasteiger partial charge in [-0.1, -0.05) is 0 Å². The third kappa shape index (κ3) is 1.59. The highest BCUT2D eigenvalue weighted by Gasteiger charge is 2.06. The number of aromatic nitrogens is 2. The fourth-order valence-corrected chi connectivity index (χ4v) is 1.97. The number of aromatic amines is 1. The highest BCUT2D eigenvalue weighted by molar-refractivity contribution is 7.71. The van der Waals surface area contributed by atoms with Crippen LogP contribution in [0.4, 0.5) is 0 Å². The first kappa shape index (κ1) is 10.0. The number of H-pyrrole nitrogens is 1. The summed E-state index contributed by atoms with van der Waals surface area (Å²) in [6.45, 7) is 0. The van der Waals surface area contributed by atoms with Crippen LogP contribution in [-0.4, -0.2) is 30.9 Å². The maximum absolute atomic E-state index is 5.23. The first-order chi connectivity index (χ1) is 7.13. The minimum Gasteiger partial charge on any atom is -0.497 e. The third-order valence-electron chi connectivity index (χ3n) is 2.27. The van der Waals surface area contributed by atoms with Crippen molar-refractivity contribution in [2.75, 3.05) is 26.2 Å². The van der Waals surface area contributed by atoms with Crippen LogP contribution in [0.3, 0.4) is 0 Å². The first-order valence-electron chi connectivity index (χ1n) is 4.60. The van der Waals surface area contributed by atoms with Gasteiger partial charge in [-0.25, -0.2) is 4.68 Å². The summed E-state index contributed by atoms with van der Waals surface area (Å²) in [4.78, 5) is 3.14. The monoisotopic (exact) mass is 223 g/mol. The lowest BCUT2D eigenvalue weighted by Crippen LogP contribution is -2.24. The highest BCUT2D eigenvalue weighted by Crippen LogP contribution is 2.20. The van der Waals surface area contributed by atoms with Crippen molar-refractivity contribution in [1.82, 2.24) is 9.66 Å². The molecular weight excluding hydrogens is 210 g/mol. The van der Waals surface area contributed by atoms with Crippen molar-refractivity contribution in [3.63, 3.8) is 0 Å². The maximum Gasteiger partial charge on any atom is 0.197 e. The summed E-state index contributed by atoms with van der Waals surface area (Å²) in [5.74, 6) is 0.824. The van der Waals surface area contributed by atoms with E-state index in [2.05, 4.69) is 4.98 Å². The van der Waals surface area contributed by atoms with E-state index in [1.807, 2.05) is 42.0 Å². The molecule has 5 heteroatoms. The number of rotatable bonds is 2. The second-order valence-electron chi connectivity index (χ2n) is 3.47. The number of ether oxygens (including phenoxy) is 1. The van der Waals surface area contributed by atoms with E-state index in [9.17, 15) is 0 Å². The van der Waals surface area contributed by atoms with Crippen LogP contribution in [0.15, 0.2) is 18.2 Å².